The number of carbonyl (C=O) groups excluding carboxylic acids is 1. The maximum absolute atomic E-state index is 11.6. The number of nitrogens with zero attached hydrogens (tertiary/aromatic N) is 1. The van der Waals surface area contributed by atoms with E-state index in [0.717, 1.165) is 23.0 Å². The first-order chi connectivity index (χ1) is 15.8. The van der Waals surface area contributed by atoms with Gasteiger partial charge in [-0.05, 0) is 25.0 Å². The minimum Gasteiger partial charge on any atom is -0.323 e. The molecular weight excluding hydrogens is 489 g/mol. The molecule has 0 radical (unpaired) electrons. The predicted molar refractivity (Wildman–Crippen MR) is 151 cm³/mol. The lowest BCUT2D eigenvalue weighted by Crippen LogP contribution is -2.23. The fourth-order valence-corrected chi connectivity index (χ4v) is 8.35. The SMILES string of the molecule is CNC(=O)ON=C(CC(C)(C)SC(C)SCc1ccccc1)SC(C)SCc1ccccc1. The lowest BCUT2D eigenvalue weighted by Gasteiger charge is -2.28. The second-order valence-corrected chi connectivity index (χ2v) is 14.7. The first kappa shape index (κ1) is 28.0. The van der Waals surface area contributed by atoms with Crippen molar-refractivity contribution in [2.75, 3.05) is 7.05 Å². The molecule has 2 aromatic rings. The molecule has 0 aromatic heterocycles. The van der Waals surface area contributed by atoms with Crippen LogP contribution >= 0.6 is 47.0 Å². The maximum atomic E-state index is 11.6. The van der Waals surface area contributed by atoms with Crippen LogP contribution in [0.2, 0.25) is 0 Å². The average Bonchev–Trinajstić information content (AvgIpc) is 2.80. The monoisotopic (exact) mass is 522 g/mol. The van der Waals surface area contributed by atoms with Gasteiger partial charge in [0.15, 0.2) is 0 Å². The molecule has 8 heteroatoms. The van der Waals surface area contributed by atoms with Gasteiger partial charge in [-0.25, -0.2) is 4.79 Å². The number of nitrogens with one attached hydrogen (secondary N) is 1. The van der Waals surface area contributed by atoms with Crippen molar-refractivity contribution in [3.63, 3.8) is 0 Å². The van der Waals surface area contributed by atoms with Crippen LogP contribution in [-0.2, 0) is 16.3 Å². The molecule has 0 fully saturated rings. The molecule has 4 nitrogen and oxygen atoms in total. The van der Waals surface area contributed by atoms with Crippen molar-refractivity contribution >= 4 is 58.2 Å². The molecule has 0 saturated heterocycles. The van der Waals surface area contributed by atoms with Gasteiger partial charge >= 0.3 is 6.09 Å². The Morgan fingerprint density at radius 3 is 1.97 bits per heavy atom. The van der Waals surface area contributed by atoms with Crippen LogP contribution in [0.3, 0.4) is 0 Å². The summed E-state index contributed by atoms with van der Waals surface area (Å²) in [7, 11) is 1.54. The summed E-state index contributed by atoms with van der Waals surface area (Å²) < 4.78 is 0.657. The number of rotatable bonds is 12. The van der Waals surface area contributed by atoms with E-state index in [1.165, 1.54) is 18.2 Å². The van der Waals surface area contributed by atoms with Crippen molar-refractivity contribution < 1.29 is 9.63 Å². The minimum atomic E-state index is -0.546. The van der Waals surface area contributed by atoms with Crippen LogP contribution in [0.25, 0.3) is 0 Å². The third-order valence-electron chi connectivity index (χ3n) is 4.45. The van der Waals surface area contributed by atoms with Crippen LogP contribution in [0.1, 0.15) is 45.2 Å². The van der Waals surface area contributed by atoms with Crippen molar-refractivity contribution in [3.8, 4) is 0 Å². The van der Waals surface area contributed by atoms with Gasteiger partial charge in [-0.15, -0.1) is 35.3 Å². The van der Waals surface area contributed by atoms with E-state index in [4.69, 9.17) is 4.84 Å². The lowest BCUT2D eigenvalue weighted by molar-refractivity contribution is 0.153. The Labute approximate surface area is 215 Å². The highest BCUT2D eigenvalue weighted by Gasteiger charge is 2.26. The maximum Gasteiger partial charge on any atom is 0.433 e. The van der Waals surface area contributed by atoms with E-state index in [1.807, 2.05) is 47.4 Å². The minimum absolute atomic E-state index is 0.0508. The van der Waals surface area contributed by atoms with E-state index >= 15 is 0 Å². The molecule has 2 rings (SSSR count). The Morgan fingerprint density at radius 1 is 0.939 bits per heavy atom. The van der Waals surface area contributed by atoms with E-state index in [1.54, 1.807) is 11.8 Å². The third-order valence-corrected chi connectivity index (χ3v) is 9.72. The smallest absolute Gasteiger partial charge is 0.323 e. The molecular formula is C25H34N2O2S4. The predicted octanol–water partition coefficient (Wildman–Crippen LogP) is 7.85. The van der Waals surface area contributed by atoms with Crippen molar-refractivity contribution in [1.29, 1.82) is 0 Å². The Bertz CT molecular complexity index is 863. The Kier molecular flexibility index (Phi) is 12.7. The van der Waals surface area contributed by atoms with E-state index in [9.17, 15) is 4.79 Å². The van der Waals surface area contributed by atoms with Gasteiger partial charge in [0.05, 0.1) is 4.58 Å². The highest BCUT2D eigenvalue weighted by Crippen LogP contribution is 2.40. The summed E-state index contributed by atoms with van der Waals surface area (Å²) in [5.41, 5.74) is 2.64. The van der Waals surface area contributed by atoms with Crippen LogP contribution in [0.4, 0.5) is 4.79 Å². The summed E-state index contributed by atoms with van der Waals surface area (Å²) in [5, 5.41) is 7.50. The number of thioether (sulfide) groups is 4. The Balaban J connectivity index is 1.92. The summed E-state index contributed by atoms with van der Waals surface area (Å²) in [4.78, 5) is 16.7. The van der Waals surface area contributed by atoms with Crippen LogP contribution in [-0.4, -0.2) is 32.1 Å². The number of benzene rings is 2. The molecule has 0 spiro atoms. The molecule has 0 aliphatic rings. The summed E-state index contributed by atoms with van der Waals surface area (Å²) >= 11 is 7.40. The molecule has 0 aliphatic carbocycles. The number of hydrogen-bond donors (Lipinski definition) is 1. The number of amides is 1. The molecule has 33 heavy (non-hydrogen) atoms. The lowest BCUT2D eigenvalue weighted by atomic mass is 10.1. The Morgan fingerprint density at radius 2 is 1.45 bits per heavy atom. The average molecular weight is 523 g/mol. The summed E-state index contributed by atoms with van der Waals surface area (Å²) in [6.07, 6.45) is 0.182. The van der Waals surface area contributed by atoms with Crippen LogP contribution in [0.15, 0.2) is 65.8 Å². The van der Waals surface area contributed by atoms with E-state index in [-0.39, 0.29) is 9.33 Å². The first-order valence-corrected chi connectivity index (χ1v) is 14.7. The van der Waals surface area contributed by atoms with Crippen LogP contribution in [0, 0.1) is 0 Å². The number of oxime groups is 1. The molecule has 2 unspecified atom stereocenters. The Hall–Kier alpha value is -1.22. The van der Waals surface area contributed by atoms with Gasteiger partial charge in [0, 0.05) is 34.3 Å². The largest absolute Gasteiger partial charge is 0.433 e. The molecule has 0 saturated carbocycles. The number of carbonyl (C=O) groups is 1. The van der Waals surface area contributed by atoms with Crippen LogP contribution < -0.4 is 5.32 Å². The van der Waals surface area contributed by atoms with Gasteiger partial charge in [-0.2, -0.15) is 0 Å². The zero-order valence-corrected chi connectivity index (χ0v) is 23.2. The topological polar surface area (TPSA) is 50.7 Å². The third kappa shape index (κ3) is 12.2. The quantitative estimate of drug-likeness (QED) is 0.101. The van der Waals surface area contributed by atoms with E-state index < -0.39 is 6.09 Å². The summed E-state index contributed by atoms with van der Waals surface area (Å²) in [6, 6.07) is 21.0. The molecule has 2 aromatic carbocycles. The fraction of sp³-hybridized carbons (Fsp3) is 0.440. The second kappa shape index (κ2) is 14.9. The number of hydrogen-bond acceptors (Lipinski definition) is 7. The highest BCUT2D eigenvalue weighted by atomic mass is 32.2. The highest BCUT2D eigenvalue weighted by molar-refractivity contribution is 8.24. The second-order valence-electron chi connectivity index (χ2n) is 8.01. The molecule has 1 N–H and O–H groups in total. The molecule has 2 atom stereocenters. The zero-order valence-electron chi connectivity index (χ0n) is 19.9. The zero-order chi connectivity index (χ0) is 24.1. The van der Waals surface area contributed by atoms with Crippen molar-refractivity contribution in [2.24, 2.45) is 5.16 Å². The van der Waals surface area contributed by atoms with Crippen molar-refractivity contribution in [3.05, 3.63) is 71.8 Å². The van der Waals surface area contributed by atoms with E-state index in [2.05, 4.69) is 86.7 Å². The van der Waals surface area contributed by atoms with Crippen molar-refractivity contribution in [1.82, 2.24) is 5.32 Å². The van der Waals surface area contributed by atoms with Gasteiger partial charge in [-0.1, -0.05) is 91.4 Å². The normalized spacial score (nSPS) is 13.9. The summed E-state index contributed by atoms with van der Waals surface area (Å²) in [5.74, 6) is 1.93. The van der Waals surface area contributed by atoms with Gasteiger partial charge in [0.1, 0.15) is 5.04 Å². The standard InChI is InChI=1S/C25H34N2O2S4/c1-19(30-17-21-12-8-6-9-13-21)32-23(27-29-24(28)26-5)16-25(3,4)33-20(2)31-18-22-14-10-7-11-15-22/h6-15,19-20H,16-18H2,1-5H3,(H,26,28). The van der Waals surface area contributed by atoms with Crippen LogP contribution in [0.5, 0.6) is 0 Å². The van der Waals surface area contributed by atoms with Crippen molar-refractivity contribution in [2.45, 2.75) is 59.5 Å². The van der Waals surface area contributed by atoms with Gasteiger partial charge in [0.2, 0.25) is 0 Å². The molecule has 0 bridgehead atoms. The fourth-order valence-electron chi connectivity index (χ4n) is 2.92. The van der Waals surface area contributed by atoms with Gasteiger partial charge < -0.3 is 5.32 Å². The van der Waals surface area contributed by atoms with E-state index in [0.29, 0.717) is 4.58 Å². The summed E-state index contributed by atoms with van der Waals surface area (Å²) in [6.45, 7) is 8.89. The molecule has 180 valence electrons. The van der Waals surface area contributed by atoms with Gasteiger partial charge in [0.25, 0.3) is 0 Å². The van der Waals surface area contributed by atoms with Gasteiger partial charge in [-0.3, -0.25) is 4.84 Å². The molecule has 0 aliphatic heterocycles. The molecule has 1 amide bonds. The first-order valence-electron chi connectivity index (χ1n) is 10.9. The molecule has 0 heterocycles.